The van der Waals surface area contributed by atoms with E-state index in [0.717, 1.165) is 11.1 Å². The van der Waals surface area contributed by atoms with E-state index in [4.69, 9.17) is 0 Å². The average Bonchev–Trinajstić information content (AvgIpc) is 2.07. The third-order valence-corrected chi connectivity index (χ3v) is 2.18. The van der Waals surface area contributed by atoms with Crippen LogP contribution < -0.4 is 4.74 Å². The maximum Gasteiger partial charge on any atom is 0.387 e. The van der Waals surface area contributed by atoms with E-state index in [-0.39, 0.29) is 5.75 Å². The summed E-state index contributed by atoms with van der Waals surface area (Å²) in [7, 11) is 0. The topological polar surface area (TPSA) is 9.23 Å². The van der Waals surface area contributed by atoms with Gasteiger partial charge in [-0.15, -0.1) is 0 Å². The number of benzene rings is 1. The first-order chi connectivity index (χ1) is 6.13. The first-order valence-electron chi connectivity index (χ1n) is 3.74. The smallest absolute Gasteiger partial charge is 0.387 e. The summed E-state index contributed by atoms with van der Waals surface area (Å²) in [6.07, 6.45) is 0. The van der Waals surface area contributed by atoms with E-state index < -0.39 is 6.61 Å². The lowest BCUT2D eigenvalue weighted by Crippen LogP contribution is -2.03. The molecule has 0 amide bonds. The molecule has 0 spiro atoms. The third kappa shape index (κ3) is 2.95. The van der Waals surface area contributed by atoms with E-state index in [9.17, 15) is 8.78 Å². The van der Waals surface area contributed by atoms with Gasteiger partial charge in [-0.05, 0) is 13.0 Å². The molecule has 0 unspecified atom stereocenters. The van der Waals surface area contributed by atoms with Crippen molar-refractivity contribution in [1.82, 2.24) is 0 Å². The van der Waals surface area contributed by atoms with Crippen molar-refractivity contribution < 1.29 is 13.5 Å². The minimum absolute atomic E-state index is 0.234. The number of aryl methyl sites for hydroxylation is 1. The third-order valence-electron chi connectivity index (χ3n) is 1.58. The zero-order chi connectivity index (χ0) is 9.84. The largest absolute Gasteiger partial charge is 0.435 e. The van der Waals surface area contributed by atoms with Crippen LogP contribution in [-0.2, 0) is 5.33 Å². The molecule has 0 bridgehead atoms. The van der Waals surface area contributed by atoms with Crippen molar-refractivity contribution in [2.24, 2.45) is 0 Å². The van der Waals surface area contributed by atoms with Gasteiger partial charge in [0.25, 0.3) is 0 Å². The molecule has 0 radical (unpaired) electrons. The Labute approximate surface area is 83.8 Å². The molecule has 0 saturated heterocycles. The van der Waals surface area contributed by atoms with Crippen LogP contribution in [0.3, 0.4) is 0 Å². The van der Waals surface area contributed by atoms with Crippen LogP contribution in [0.2, 0.25) is 0 Å². The SMILES string of the molecule is Cc1ccc(OC(F)F)c(CBr)c1. The fourth-order valence-electron chi connectivity index (χ4n) is 1.02. The lowest BCUT2D eigenvalue weighted by molar-refractivity contribution is -0.0503. The molecular formula is C9H9BrF2O. The molecule has 0 aliphatic carbocycles. The van der Waals surface area contributed by atoms with Crippen LogP contribution >= 0.6 is 15.9 Å². The van der Waals surface area contributed by atoms with Gasteiger partial charge < -0.3 is 4.74 Å². The van der Waals surface area contributed by atoms with E-state index in [1.165, 1.54) is 0 Å². The standard InChI is InChI=1S/C9H9BrF2O/c1-6-2-3-8(13-9(11)12)7(4-6)5-10/h2-4,9H,5H2,1H3. The number of alkyl halides is 3. The van der Waals surface area contributed by atoms with E-state index in [2.05, 4.69) is 20.7 Å². The van der Waals surface area contributed by atoms with Crippen molar-refractivity contribution in [3.63, 3.8) is 0 Å². The second-order valence-electron chi connectivity index (χ2n) is 2.62. The second kappa shape index (κ2) is 4.56. The van der Waals surface area contributed by atoms with Crippen LogP contribution in [0.15, 0.2) is 18.2 Å². The van der Waals surface area contributed by atoms with Gasteiger partial charge in [0.15, 0.2) is 0 Å². The Morgan fingerprint density at radius 1 is 1.46 bits per heavy atom. The van der Waals surface area contributed by atoms with Crippen LogP contribution in [0.5, 0.6) is 5.75 Å². The Hall–Kier alpha value is -0.640. The number of halogens is 3. The summed E-state index contributed by atoms with van der Waals surface area (Å²) < 4.78 is 28.1. The van der Waals surface area contributed by atoms with E-state index in [0.29, 0.717) is 5.33 Å². The summed E-state index contributed by atoms with van der Waals surface area (Å²) in [6.45, 7) is -0.862. The highest BCUT2D eigenvalue weighted by atomic mass is 79.9. The Morgan fingerprint density at radius 2 is 2.15 bits per heavy atom. The van der Waals surface area contributed by atoms with E-state index in [1.54, 1.807) is 12.1 Å². The Bertz CT molecular complexity index is 289. The highest BCUT2D eigenvalue weighted by molar-refractivity contribution is 9.08. The maximum atomic E-state index is 11.9. The van der Waals surface area contributed by atoms with E-state index in [1.807, 2.05) is 13.0 Å². The van der Waals surface area contributed by atoms with Crippen molar-refractivity contribution in [3.05, 3.63) is 29.3 Å². The molecule has 0 saturated carbocycles. The zero-order valence-corrected chi connectivity index (χ0v) is 8.64. The predicted molar refractivity (Wildman–Crippen MR) is 50.4 cm³/mol. The minimum Gasteiger partial charge on any atom is -0.435 e. The van der Waals surface area contributed by atoms with Gasteiger partial charge in [0.05, 0.1) is 0 Å². The molecule has 1 aromatic carbocycles. The highest BCUT2D eigenvalue weighted by Crippen LogP contribution is 2.23. The van der Waals surface area contributed by atoms with Crippen LogP contribution in [0, 0.1) is 6.92 Å². The first kappa shape index (κ1) is 10.4. The van der Waals surface area contributed by atoms with Gasteiger partial charge in [-0.25, -0.2) is 0 Å². The van der Waals surface area contributed by atoms with Crippen molar-refractivity contribution in [1.29, 1.82) is 0 Å². The lowest BCUT2D eigenvalue weighted by Gasteiger charge is -2.09. The summed E-state index contributed by atoms with van der Waals surface area (Å²) in [6, 6.07) is 5.11. The fourth-order valence-corrected chi connectivity index (χ4v) is 1.46. The molecule has 0 fully saturated rings. The molecule has 0 N–H and O–H groups in total. The van der Waals surface area contributed by atoms with Crippen LogP contribution in [-0.4, -0.2) is 6.61 Å². The molecule has 0 heterocycles. The van der Waals surface area contributed by atoms with Crippen LogP contribution in [0.4, 0.5) is 8.78 Å². The van der Waals surface area contributed by atoms with E-state index >= 15 is 0 Å². The first-order valence-corrected chi connectivity index (χ1v) is 4.86. The Kier molecular flexibility index (Phi) is 3.66. The van der Waals surface area contributed by atoms with Gasteiger partial charge in [0.2, 0.25) is 0 Å². The predicted octanol–water partition coefficient (Wildman–Crippen LogP) is 3.49. The van der Waals surface area contributed by atoms with Gasteiger partial charge in [-0.1, -0.05) is 33.6 Å². The lowest BCUT2D eigenvalue weighted by atomic mass is 10.1. The quantitative estimate of drug-likeness (QED) is 0.747. The summed E-state index contributed by atoms with van der Waals surface area (Å²) in [5, 5.41) is 0.511. The summed E-state index contributed by atoms with van der Waals surface area (Å²) in [5.74, 6) is 0.234. The van der Waals surface area contributed by atoms with Crippen molar-refractivity contribution in [3.8, 4) is 5.75 Å². The van der Waals surface area contributed by atoms with Crippen LogP contribution in [0.25, 0.3) is 0 Å². The van der Waals surface area contributed by atoms with Gasteiger partial charge >= 0.3 is 6.61 Å². The maximum absolute atomic E-state index is 11.9. The molecular weight excluding hydrogens is 242 g/mol. The molecule has 72 valence electrons. The molecule has 0 aromatic heterocycles. The van der Waals surface area contributed by atoms with Gasteiger partial charge in [0.1, 0.15) is 5.75 Å². The average molecular weight is 251 g/mol. The second-order valence-corrected chi connectivity index (χ2v) is 3.18. The molecule has 13 heavy (non-hydrogen) atoms. The number of hydrogen-bond acceptors (Lipinski definition) is 1. The number of rotatable bonds is 3. The fraction of sp³-hybridized carbons (Fsp3) is 0.333. The molecule has 0 atom stereocenters. The Balaban J connectivity index is 2.92. The van der Waals surface area contributed by atoms with Crippen molar-refractivity contribution in [2.75, 3.05) is 0 Å². The van der Waals surface area contributed by atoms with Gasteiger partial charge in [0, 0.05) is 10.9 Å². The number of ether oxygens (including phenoxy) is 1. The van der Waals surface area contributed by atoms with Crippen molar-refractivity contribution in [2.45, 2.75) is 18.9 Å². The molecule has 0 aliphatic heterocycles. The summed E-state index contributed by atoms with van der Waals surface area (Å²) in [4.78, 5) is 0. The zero-order valence-electron chi connectivity index (χ0n) is 7.06. The summed E-state index contributed by atoms with van der Waals surface area (Å²) >= 11 is 3.21. The number of hydrogen-bond donors (Lipinski definition) is 0. The Morgan fingerprint density at radius 3 is 2.69 bits per heavy atom. The summed E-state index contributed by atoms with van der Waals surface area (Å²) in [5.41, 5.74) is 1.76. The molecule has 1 rings (SSSR count). The highest BCUT2D eigenvalue weighted by Gasteiger charge is 2.08. The normalized spacial score (nSPS) is 10.5. The molecule has 0 aliphatic rings. The molecule has 1 aromatic rings. The van der Waals surface area contributed by atoms with Crippen molar-refractivity contribution >= 4 is 15.9 Å². The molecule has 1 nitrogen and oxygen atoms in total. The van der Waals surface area contributed by atoms with Gasteiger partial charge in [-0.2, -0.15) is 8.78 Å². The van der Waals surface area contributed by atoms with Gasteiger partial charge in [-0.3, -0.25) is 0 Å². The van der Waals surface area contributed by atoms with Crippen LogP contribution in [0.1, 0.15) is 11.1 Å². The minimum atomic E-state index is -2.76. The monoisotopic (exact) mass is 250 g/mol. The molecule has 4 heteroatoms.